The summed E-state index contributed by atoms with van der Waals surface area (Å²) in [5, 5.41) is 3.99. The van der Waals surface area contributed by atoms with E-state index in [2.05, 4.69) is 34.0 Å². The zero-order chi connectivity index (χ0) is 13.4. The maximum atomic E-state index is 6.30. The van der Waals surface area contributed by atoms with E-state index in [1.807, 2.05) is 24.3 Å². The number of rotatable bonds is 1. The van der Waals surface area contributed by atoms with Crippen molar-refractivity contribution in [1.82, 2.24) is 15.3 Å². The fourth-order valence-corrected chi connectivity index (χ4v) is 2.92. The Labute approximate surface area is 117 Å². The van der Waals surface area contributed by atoms with Crippen LogP contribution in [0, 0.1) is 0 Å². The van der Waals surface area contributed by atoms with E-state index in [0.717, 1.165) is 29.9 Å². The highest BCUT2D eigenvalue weighted by atomic mass is 35.5. The number of anilines is 1. The van der Waals surface area contributed by atoms with Gasteiger partial charge in [-0.2, -0.15) is 0 Å². The van der Waals surface area contributed by atoms with E-state index < -0.39 is 0 Å². The zero-order valence-corrected chi connectivity index (χ0v) is 11.9. The molecule has 0 aliphatic carbocycles. The first kappa shape index (κ1) is 12.6. The van der Waals surface area contributed by atoms with E-state index in [0.29, 0.717) is 17.2 Å². The average molecular weight is 277 g/mol. The molecule has 1 fully saturated rings. The first-order valence-corrected chi connectivity index (χ1v) is 6.94. The number of piperazine rings is 1. The molecule has 1 aromatic carbocycles. The van der Waals surface area contributed by atoms with E-state index >= 15 is 0 Å². The van der Waals surface area contributed by atoms with Crippen molar-refractivity contribution in [1.29, 1.82) is 0 Å². The van der Waals surface area contributed by atoms with Gasteiger partial charge in [0.2, 0.25) is 0 Å². The van der Waals surface area contributed by atoms with E-state index in [1.165, 1.54) is 0 Å². The van der Waals surface area contributed by atoms with Crippen LogP contribution >= 0.6 is 11.6 Å². The lowest BCUT2D eigenvalue weighted by molar-refractivity contribution is 0.405. The zero-order valence-electron chi connectivity index (χ0n) is 11.1. The first-order valence-electron chi connectivity index (χ1n) is 6.57. The van der Waals surface area contributed by atoms with Gasteiger partial charge in [-0.05, 0) is 26.0 Å². The maximum Gasteiger partial charge on any atom is 0.172 e. The molecule has 2 unspecified atom stereocenters. The largest absolute Gasteiger partial charge is 0.351 e. The highest BCUT2D eigenvalue weighted by Gasteiger charge is 2.24. The van der Waals surface area contributed by atoms with Crippen molar-refractivity contribution in [3.63, 3.8) is 0 Å². The normalized spacial score (nSPS) is 23.8. The van der Waals surface area contributed by atoms with Crippen molar-refractivity contribution in [3.05, 3.63) is 29.4 Å². The summed E-state index contributed by atoms with van der Waals surface area (Å²) in [5.41, 5.74) is 1.73. The number of hydrogen-bond acceptors (Lipinski definition) is 4. The third-order valence-corrected chi connectivity index (χ3v) is 3.62. The van der Waals surface area contributed by atoms with Gasteiger partial charge in [-0.25, -0.2) is 9.97 Å². The van der Waals surface area contributed by atoms with Gasteiger partial charge in [-0.1, -0.05) is 23.7 Å². The fraction of sp³-hybridized carbons (Fsp3) is 0.429. The number of aromatic nitrogens is 2. The number of fused-ring (bicyclic) bond motifs is 1. The number of nitrogens with one attached hydrogen (secondary N) is 1. The smallest absolute Gasteiger partial charge is 0.172 e. The van der Waals surface area contributed by atoms with Crippen molar-refractivity contribution < 1.29 is 0 Å². The molecule has 1 aliphatic heterocycles. The van der Waals surface area contributed by atoms with Gasteiger partial charge < -0.3 is 10.2 Å². The second-order valence-electron chi connectivity index (χ2n) is 5.20. The van der Waals surface area contributed by atoms with Crippen LogP contribution < -0.4 is 10.2 Å². The molecule has 1 aliphatic rings. The Morgan fingerprint density at radius 2 is 1.68 bits per heavy atom. The number of nitrogens with zero attached hydrogens (tertiary/aromatic N) is 3. The number of para-hydroxylation sites is 2. The van der Waals surface area contributed by atoms with Gasteiger partial charge in [0, 0.05) is 25.2 Å². The van der Waals surface area contributed by atoms with Crippen LogP contribution in [-0.4, -0.2) is 35.1 Å². The Hall–Kier alpha value is -1.39. The molecule has 0 radical (unpaired) electrons. The van der Waals surface area contributed by atoms with Crippen LogP contribution in [0.15, 0.2) is 24.3 Å². The molecule has 3 rings (SSSR count). The van der Waals surface area contributed by atoms with E-state index in [-0.39, 0.29) is 0 Å². The lowest BCUT2D eigenvalue weighted by atomic mass is 10.1. The lowest BCUT2D eigenvalue weighted by Crippen LogP contribution is -2.54. The summed E-state index contributed by atoms with van der Waals surface area (Å²) in [5.74, 6) is 0.792. The summed E-state index contributed by atoms with van der Waals surface area (Å²) >= 11 is 6.30. The Morgan fingerprint density at radius 3 is 2.32 bits per heavy atom. The number of halogens is 1. The minimum Gasteiger partial charge on any atom is -0.351 e. The van der Waals surface area contributed by atoms with Gasteiger partial charge in [0.05, 0.1) is 11.0 Å². The van der Waals surface area contributed by atoms with Crippen LogP contribution in [0.4, 0.5) is 5.82 Å². The molecule has 2 heterocycles. The molecule has 19 heavy (non-hydrogen) atoms. The topological polar surface area (TPSA) is 41.1 Å². The molecule has 4 nitrogen and oxygen atoms in total. The van der Waals surface area contributed by atoms with Crippen LogP contribution in [0.25, 0.3) is 11.0 Å². The molecule has 100 valence electrons. The molecule has 0 spiro atoms. The molecule has 5 heteroatoms. The molecular formula is C14H17ClN4. The summed E-state index contributed by atoms with van der Waals surface area (Å²) < 4.78 is 0. The monoisotopic (exact) mass is 276 g/mol. The van der Waals surface area contributed by atoms with Crippen LogP contribution in [0.2, 0.25) is 5.15 Å². The molecule has 0 bridgehead atoms. The number of benzene rings is 1. The van der Waals surface area contributed by atoms with Crippen LogP contribution in [0.1, 0.15) is 13.8 Å². The van der Waals surface area contributed by atoms with Crippen LogP contribution in [0.3, 0.4) is 0 Å². The Balaban J connectivity index is 2.01. The Kier molecular flexibility index (Phi) is 3.29. The Morgan fingerprint density at radius 1 is 1.11 bits per heavy atom. The first-order chi connectivity index (χ1) is 9.13. The minimum absolute atomic E-state index is 0.424. The van der Waals surface area contributed by atoms with E-state index in [4.69, 9.17) is 11.6 Å². The van der Waals surface area contributed by atoms with Gasteiger partial charge in [-0.15, -0.1) is 0 Å². The lowest BCUT2D eigenvalue weighted by Gasteiger charge is -2.37. The highest BCUT2D eigenvalue weighted by Crippen LogP contribution is 2.26. The molecule has 1 aromatic heterocycles. The summed E-state index contributed by atoms with van der Waals surface area (Å²) in [6, 6.07) is 8.67. The molecule has 1 N–H and O–H groups in total. The fourth-order valence-electron chi connectivity index (χ4n) is 2.67. The van der Waals surface area contributed by atoms with Crippen molar-refractivity contribution in [2.75, 3.05) is 18.0 Å². The predicted molar refractivity (Wildman–Crippen MR) is 78.8 cm³/mol. The van der Waals surface area contributed by atoms with Crippen molar-refractivity contribution in [2.24, 2.45) is 0 Å². The van der Waals surface area contributed by atoms with Gasteiger partial charge in [0.1, 0.15) is 0 Å². The van der Waals surface area contributed by atoms with Crippen molar-refractivity contribution in [2.45, 2.75) is 25.9 Å². The van der Waals surface area contributed by atoms with E-state index in [9.17, 15) is 0 Å². The summed E-state index contributed by atoms with van der Waals surface area (Å²) in [6.07, 6.45) is 0. The SMILES string of the molecule is CC1CN(c2nc3ccccc3nc2Cl)CC(C)N1. The molecule has 1 saturated heterocycles. The third kappa shape index (κ3) is 2.51. The Bertz CT molecular complexity index is 591. The highest BCUT2D eigenvalue weighted by molar-refractivity contribution is 6.32. The molecule has 2 aromatic rings. The quantitative estimate of drug-likeness (QED) is 0.869. The maximum absolute atomic E-state index is 6.30. The second kappa shape index (κ2) is 4.94. The summed E-state index contributed by atoms with van der Waals surface area (Å²) in [4.78, 5) is 11.3. The summed E-state index contributed by atoms with van der Waals surface area (Å²) in [7, 11) is 0. The van der Waals surface area contributed by atoms with Crippen molar-refractivity contribution in [3.8, 4) is 0 Å². The van der Waals surface area contributed by atoms with Crippen LogP contribution in [0.5, 0.6) is 0 Å². The summed E-state index contributed by atoms with van der Waals surface area (Å²) in [6.45, 7) is 6.14. The molecule has 0 amide bonds. The van der Waals surface area contributed by atoms with E-state index in [1.54, 1.807) is 0 Å². The minimum atomic E-state index is 0.424. The van der Waals surface area contributed by atoms with Gasteiger partial charge >= 0.3 is 0 Å². The second-order valence-corrected chi connectivity index (χ2v) is 5.56. The molecular weight excluding hydrogens is 260 g/mol. The van der Waals surface area contributed by atoms with Gasteiger partial charge in [0.15, 0.2) is 11.0 Å². The van der Waals surface area contributed by atoms with Gasteiger partial charge in [-0.3, -0.25) is 0 Å². The number of hydrogen-bond donors (Lipinski definition) is 1. The standard InChI is InChI=1S/C14H17ClN4/c1-9-7-19(8-10(2)16-9)14-13(15)17-11-5-3-4-6-12(11)18-14/h3-6,9-10,16H,7-8H2,1-2H3. The van der Waals surface area contributed by atoms with Gasteiger partial charge in [0.25, 0.3) is 0 Å². The van der Waals surface area contributed by atoms with Crippen molar-refractivity contribution >= 4 is 28.5 Å². The predicted octanol–water partition coefficient (Wildman–Crippen LogP) is 2.47. The molecule has 0 saturated carbocycles. The average Bonchev–Trinajstić information content (AvgIpc) is 2.36. The third-order valence-electron chi connectivity index (χ3n) is 3.37. The van der Waals surface area contributed by atoms with Crippen LogP contribution in [-0.2, 0) is 0 Å². The molecule has 2 atom stereocenters.